The van der Waals surface area contributed by atoms with E-state index >= 15 is 0 Å². The standard InChI is InChI=1S/Al.Ba.Ca.Sc.7H. The van der Waals surface area contributed by atoms with Crippen molar-refractivity contribution >= 4 is 104 Å². The summed E-state index contributed by atoms with van der Waals surface area (Å²) in [6.07, 6.45) is 0. The van der Waals surface area contributed by atoms with Gasteiger partial charge in [0, 0.05) is 25.8 Å². The third-order valence-electron chi connectivity index (χ3n) is 0. The molecule has 0 fully saturated rings. The van der Waals surface area contributed by atoms with E-state index in [4.69, 9.17) is 0 Å². The first-order valence-electron chi connectivity index (χ1n) is 0. The van der Waals surface area contributed by atoms with Gasteiger partial charge in [-0.3, -0.25) is 0 Å². The molecule has 0 saturated carbocycles. The summed E-state index contributed by atoms with van der Waals surface area (Å²) in [6.45, 7) is 0. The summed E-state index contributed by atoms with van der Waals surface area (Å²) in [7, 11) is 0. The van der Waals surface area contributed by atoms with Crippen molar-refractivity contribution in [1.82, 2.24) is 0 Å². The van der Waals surface area contributed by atoms with Crippen molar-refractivity contribution in [3.8, 4) is 0 Å². The molecule has 0 aliphatic heterocycles. The van der Waals surface area contributed by atoms with Crippen LogP contribution < -0.4 is 0 Å². The second-order valence-electron chi connectivity index (χ2n) is 0. The molecule has 0 aromatic heterocycles. The Morgan fingerprint density at radius 2 is 1.00 bits per heavy atom. The molecule has 0 aliphatic rings. The molecule has 0 aromatic rings. The molecule has 4 heavy (non-hydrogen) atoms. The van der Waals surface area contributed by atoms with E-state index < -0.39 is 0 Å². The number of hydrogen-bond donors (Lipinski definition) is 0. The molecule has 0 aliphatic carbocycles. The second-order valence-corrected chi connectivity index (χ2v) is 0. The average molecular weight is 256 g/mol. The first kappa shape index (κ1) is 24.0. The molecule has 1 radical (unpaired) electrons. The topological polar surface area (TPSA) is 0 Å². The van der Waals surface area contributed by atoms with Gasteiger partial charge < -0.3 is 0 Å². The summed E-state index contributed by atoms with van der Waals surface area (Å²) in [5.41, 5.74) is 0. The predicted octanol–water partition coefficient (Wildman–Crippen LogP) is -3.02. The van der Waals surface area contributed by atoms with E-state index in [2.05, 4.69) is 0 Å². The maximum atomic E-state index is 0. The van der Waals surface area contributed by atoms with Gasteiger partial charge in [-0.25, -0.2) is 0 Å². The Hall–Kier alpha value is 4.23. The van der Waals surface area contributed by atoms with Crippen molar-refractivity contribution in [1.29, 1.82) is 0 Å². The van der Waals surface area contributed by atoms with Crippen LogP contribution in [0, 0.1) is 0 Å². The summed E-state index contributed by atoms with van der Waals surface area (Å²) in [4.78, 5) is 0. The third kappa shape index (κ3) is 9.53. The summed E-state index contributed by atoms with van der Waals surface area (Å²) >= 11 is 0. The molecular weight excluding hydrogens is 249 g/mol. The molecule has 17 valence electrons. The van der Waals surface area contributed by atoms with Crippen molar-refractivity contribution < 1.29 is 25.8 Å². The van der Waals surface area contributed by atoms with Crippen molar-refractivity contribution in [2.75, 3.05) is 0 Å². The quantitative estimate of drug-likeness (QED) is 0.405. The van der Waals surface area contributed by atoms with E-state index in [1.54, 1.807) is 0 Å². The van der Waals surface area contributed by atoms with E-state index in [9.17, 15) is 0 Å². The Kier molecular flexibility index (Phi) is 94.2. The zero-order valence-electron chi connectivity index (χ0n) is 0.577. The number of hydrogen-bond acceptors (Lipinski definition) is 0. The summed E-state index contributed by atoms with van der Waals surface area (Å²) in [5, 5.41) is 0. The van der Waals surface area contributed by atoms with Crippen molar-refractivity contribution in [2.24, 2.45) is 0 Å². The number of rotatable bonds is 0. The monoisotopic (exact) mass is 257 g/mol. The molecule has 4 heteroatoms. The van der Waals surface area contributed by atoms with Gasteiger partial charge in [0.25, 0.3) is 0 Å². The molecule has 0 aromatic carbocycles. The van der Waals surface area contributed by atoms with Gasteiger partial charge in [-0.15, -0.1) is 0 Å². The van der Waals surface area contributed by atoms with Crippen LogP contribution in [0.1, 0.15) is 0 Å². The van der Waals surface area contributed by atoms with Crippen molar-refractivity contribution in [3.05, 3.63) is 0 Å². The Balaban J connectivity index is 0. The fourth-order valence-corrected chi connectivity index (χ4v) is 0. The van der Waals surface area contributed by atoms with E-state index in [0.717, 1.165) is 0 Å². The van der Waals surface area contributed by atoms with Crippen molar-refractivity contribution in [3.63, 3.8) is 0 Å². The average Bonchev–Trinajstić information content (AvgIpc) is 0. The minimum absolute atomic E-state index is 0. The largest absolute Gasteiger partial charge is 0 e. The van der Waals surface area contributed by atoms with Gasteiger partial charge in [-0.2, -0.15) is 0 Å². The third-order valence-corrected chi connectivity index (χ3v) is 0. The normalized spacial score (nSPS) is 0. The first-order chi connectivity index (χ1) is 0. The van der Waals surface area contributed by atoms with Crippen LogP contribution in [-0.4, -0.2) is 104 Å². The zero-order valence-corrected chi connectivity index (χ0v) is 2.38. The van der Waals surface area contributed by atoms with Crippen LogP contribution in [0.5, 0.6) is 0 Å². The van der Waals surface area contributed by atoms with E-state index in [-0.39, 0.29) is 130 Å². The van der Waals surface area contributed by atoms with Crippen molar-refractivity contribution in [2.45, 2.75) is 0 Å². The van der Waals surface area contributed by atoms with Crippen LogP contribution in [0.15, 0.2) is 0 Å². The summed E-state index contributed by atoms with van der Waals surface area (Å²) in [5.74, 6) is 0. The van der Waals surface area contributed by atoms with E-state index in [1.165, 1.54) is 0 Å². The summed E-state index contributed by atoms with van der Waals surface area (Å²) < 4.78 is 0. The minimum Gasteiger partial charge on any atom is 0 e. The molecule has 0 amide bonds. The van der Waals surface area contributed by atoms with E-state index in [0.29, 0.717) is 0 Å². The predicted molar refractivity (Wildman–Crippen MR) is 27.0 cm³/mol. The van der Waals surface area contributed by atoms with Crippen LogP contribution in [0.3, 0.4) is 0 Å². The smallest absolute Gasteiger partial charge is 0 e. The van der Waals surface area contributed by atoms with Gasteiger partial charge in [-0.1, -0.05) is 0 Å². The Bertz CT molecular complexity index is 8.00. The minimum atomic E-state index is 0. The first-order valence-corrected chi connectivity index (χ1v) is 0. The van der Waals surface area contributed by atoms with Gasteiger partial charge in [0.05, 0.1) is 0 Å². The van der Waals surface area contributed by atoms with Gasteiger partial charge in [0.2, 0.25) is 0 Å². The molecule has 0 atom stereocenters. The van der Waals surface area contributed by atoms with E-state index in [1.807, 2.05) is 0 Å². The fourth-order valence-electron chi connectivity index (χ4n) is 0. The Morgan fingerprint density at radius 3 is 1.00 bits per heavy atom. The molecular formula is H7AlBaCaSc. The molecule has 0 unspecified atom stereocenters. The van der Waals surface area contributed by atoms with Crippen LogP contribution in [0.25, 0.3) is 0 Å². The van der Waals surface area contributed by atoms with Gasteiger partial charge in [-0.05, 0) is 0 Å². The molecule has 0 heterocycles. The second kappa shape index (κ2) is 15.7. The van der Waals surface area contributed by atoms with Gasteiger partial charge in [0.1, 0.15) is 0 Å². The van der Waals surface area contributed by atoms with Crippen LogP contribution in [0.2, 0.25) is 0 Å². The molecule has 0 nitrogen and oxygen atoms in total. The molecule has 0 spiro atoms. The van der Waals surface area contributed by atoms with Gasteiger partial charge in [0.15, 0.2) is 17.4 Å². The summed E-state index contributed by atoms with van der Waals surface area (Å²) in [6, 6.07) is 0. The fraction of sp³-hybridized carbons (Fsp3) is 0. The molecule has 0 bridgehead atoms. The van der Waals surface area contributed by atoms with Crippen LogP contribution >= 0.6 is 0 Å². The zero-order chi connectivity index (χ0) is 0. The SMILES string of the molecule is [AlH3].[BaH2].[CaH2].[Sc]. The van der Waals surface area contributed by atoms with Crippen LogP contribution in [-0.2, 0) is 25.8 Å². The molecule has 0 saturated heterocycles. The maximum Gasteiger partial charge on any atom is 0 e. The van der Waals surface area contributed by atoms with Gasteiger partial charge >= 0.3 is 86.6 Å². The Morgan fingerprint density at radius 1 is 1.00 bits per heavy atom. The molecule has 0 N–H and O–H groups in total. The van der Waals surface area contributed by atoms with Crippen LogP contribution in [0.4, 0.5) is 0 Å². The molecule has 0 rings (SSSR count). The maximum absolute atomic E-state index is 0. The Labute approximate surface area is 126 Å².